The number of nitrogens with zero attached hydrogens (tertiary/aromatic N) is 2. The molecule has 2 aliphatic heterocycles. The van der Waals surface area contributed by atoms with E-state index in [2.05, 4.69) is 22.3 Å². The van der Waals surface area contributed by atoms with Gasteiger partial charge in [-0.1, -0.05) is 19.4 Å². The number of carbonyl (C=O) groups excluding carboxylic acids is 2. The summed E-state index contributed by atoms with van der Waals surface area (Å²) >= 11 is 11.0. The molecule has 1 aromatic carbocycles. The topological polar surface area (TPSA) is 52.7 Å². The fourth-order valence-corrected chi connectivity index (χ4v) is 3.83. The van der Waals surface area contributed by atoms with E-state index in [0.717, 1.165) is 44.3 Å². The first-order valence-corrected chi connectivity index (χ1v) is 10.3. The van der Waals surface area contributed by atoms with Crippen molar-refractivity contribution in [1.29, 1.82) is 0 Å². The molecule has 0 radical (unpaired) electrons. The summed E-state index contributed by atoms with van der Waals surface area (Å²) < 4.78 is 0. The molecular weight excluding hydrogens is 382 g/mol. The molecule has 2 aliphatic rings. The first-order valence-electron chi connectivity index (χ1n) is 9.38. The maximum atomic E-state index is 12.7. The van der Waals surface area contributed by atoms with Crippen LogP contribution in [-0.4, -0.2) is 47.3 Å². The lowest BCUT2D eigenvalue weighted by Crippen LogP contribution is -2.54. The Kier molecular flexibility index (Phi) is 6.50. The fourth-order valence-electron chi connectivity index (χ4n) is 3.44. The quantitative estimate of drug-likeness (QED) is 0.328. The number of nitrogens with one attached hydrogen (secondary N) is 1. The minimum absolute atomic E-state index is 0.136. The van der Waals surface area contributed by atoms with Crippen molar-refractivity contribution in [3.63, 3.8) is 0 Å². The van der Waals surface area contributed by atoms with Gasteiger partial charge in [0.05, 0.1) is 0 Å². The number of fused-ring (bicyclic) bond motifs is 1. The van der Waals surface area contributed by atoms with Crippen molar-refractivity contribution in [1.82, 2.24) is 10.2 Å². The summed E-state index contributed by atoms with van der Waals surface area (Å²) in [5.41, 5.74) is 3.44. The third-order valence-corrected chi connectivity index (χ3v) is 5.48. The Labute approximate surface area is 170 Å². The number of rotatable bonds is 7. The summed E-state index contributed by atoms with van der Waals surface area (Å²) in [6.07, 6.45) is 5.37. The average Bonchev–Trinajstić information content (AvgIpc) is 3.05. The molecule has 0 spiro atoms. The zero-order chi connectivity index (χ0) is 19.4. The molecule has 1 saturated heterocycles. The van der Waals surface area contributed by atoms with Gasteiger partial charge in [0, 0.05) is 31.2 Å². The molecule has 144 valence electrons. The lowest BCUT2D eigenvalue weighted by atomic mass is 10.0. The summed E-state index contributed by atoms with van der Waals surface area (Å²) in [6.45, 7) is 4.49. The molecule has 0 aliphatic carbocycles. The highest BCUT2D eigenvalue weighted by atomic mass is 35.5. The molecule has 0 atom stereocenters. The molecule has 3 rings (SSSR count). The molecule has 2 heterocycles. The second-order valence-electron chi connectivity index (χ2n) is 6.80. The van der Waals surface area contributed by atoms with Crippen molar-refractivity contribution in [2.75, 3.05) is 30.4 Å². The largest absolute Gasteiger partial charge is 0.371 e. The molecule has 7 heteroatoms. The Morgan fingerprint density at radius 3 is 2.81 bits per heavy atom. The lowest BCUT2D eigenvalue weighted by Gasteiger charge is -2.28. The van der Waals surface area contributed by atoms with Gasteiger partial charge in [-0.15, -0.1) is 11.6 Å². The molecule has 1 aromatic rings. The van der Waals surface area contributed by atoms with Gasteiger partial charge in [-0.25, -0.2) is 0 Å². The second kappa shape index (κ2) is 8.85. The first kappa shape index (κ1) is 19.8. The number of anilines is 1. The zero-order valence-electron chi connectivity index (χ0n) is 15.5. The Morgan fingerprint density at radius 2 is 2.07 bits per heavy atom. The minimum Gasteiger partial charge on any atom is -0.371 e. The van der Waals surface area contributed by atoms with Gasteiger partial charge in [0.2, 0.25) is 0 Å². The van der Waals surface area contributed by atoms with Crippen molar-refractivity contribution in [3.05, 3.63) is 34.9 Å². The Hall–Kier alpha value is -1.92. The van der Waals surface area contributed by atoms with E-state index < -0.39 is 5.91 Å². The van der Waals surface area contributed by atoms with Gasteiger partial charge < -0.3 is 4.90 Å². The van der Waals surface area contributed by atoms with Crippen LogP contribution in [0, 0.1) is 0 Å². The van der Waals surface area contributed by atoms with Crippen LogP contribution < -0.4 is 10.2 Å². The zero-order valence-corrected chi connectivity index (χ0v) is 17.0. The van der Waals surface area contributed by atoms with E-state index in [1.54, 1.807) is 6.08 Å². The van der Waals surface area contributed by atoms with Crippen LogP contribution in [0.3, 0.4) is 0 Å². The highest BCUT2D eigenvalue weighted by Gasteiger charge is 2.33. The van der Waals surface area contributed by atoms with Crippen LogP contribution >= 0.6 is 23.8 Å². The van der Waals surface area contributed by atoms with E-state index in [-0.39, 0.29) is 16.6 Å². The van der Waals surface area contributed by atoms with Crippen molar-refractivity contribution < 1.29 is 9.59 Å². The highest BCUT2D eigenvalue weighted by Crippen LogP contribution is 2.30. The smallest absolute Gasteiger partial charge is 0.265 e. The lowest BCUT2D eigenvalue weighted by molar-refractivity contribution is -0.128. The number of carbonyl (C=O) groups is 2. The van der Waals surface area contributed by atoms with Crippen LogP contribution in [0.4, 0.5) is 5.69 Å². The van der Waals surface area contributed by atoms with E-state index >= 15 is 0 Å². The summed E-state index contributed by atoms with van der Waals surface area (Å²) in [7, 11) is 0. The first-order chi connectivity index (χ1) is 13.0. The summed E-state index contributed by atoms with van der Waals surface area (Å²) in [5, 5.41) is 2.82. The van der Waals surface area contributed by atoms with Crippen LogP contribution in [0.2, 0.25) is 0 Å². The SMILES string of the molecule is CCCCN1C(=O)C(=Cc2ccc3c(c2)CCN3CCCCl)C(=O)NC1=S. The monoisotopic (exact) mass is 405 g/mol. The van der Waals surface area contributed by atoms with E-state index in [9.17, 15) is 9.59 Å². The molecule has 0 bridgehead atoms. The van der Waals surface area contributed by atoms with Crippen molar-refractivity contribution >= 4 is 52.5 Å². The summed E-state index contributed by atoms with van der Waals surface area (Å²) in [5.74, 6) is -0.0904. The average molecular weight is 406 g/mol. The Bertz CT molecular complexity index is 793. The Morgan fingerprint density at radius 1 is 1.26 bits per heavy atom. The number of hydrogen-bond donors (Lipinski definition) is 1. The second-order valence-corrected chi connectivity index (χ2v) is 7.56. The standard InChI is InChI=1S/C20H24ClN3O2S/c1-2-3-10-24-19(26)16(18(25)22-20(24)27)13-14-5-6-17-15(12-14)7-11-23(17)9-4-8-21/h5-6,12-13H,2-4,7-11H2,1H3,(H,22,25,27). The Balaban J connectivity index is 1.82. The minimum atomic E-state index is -0.429. The third kappa shape index (κ3) is 4.33. The third-order valence-electron chi connectivity index (χ3n) is 4.89. The number of thiocarbonyl (C=S) groups is 1. The molecular formula is C20H24ClN3O2S. The van der Waals surface area contributed by atoms with Crippen molar-refractivity contribution in [3.8, 4) is 0 Å². The van der Waals surface area contributed by atoms with Crippen LogP contribution in [0.25, 0.3) is 6.08 Å². The number of unbranched alkanes of at least 4 members (excludes halogenated alkanes) is 1. The maximum absolute atomic E-state index is 12.7. The van der Waals surface area contributed by atoms with Gasteiger partial charge in [0.15, 0.2) is 5.11 Å². The van der Waals surface area contributed by atoms with Crippen molar-refractivity contribution in [2.45, 2.75) is 32.6 Å². The van der Waals surface area contributed by atoms with Gasteiger partial charge in [-0.2, -0.15) is 0 Å². The molecule has 27 heavy (non-hydrogen) atoms. The van der Waals surface area contributed by atoms with Gasteiger partial charge in [0.25, 0.3) is 11.8 Å². The molecule has 1 fully saturated rings. The van der Waals surface area contributed by atoms with Crippen LogP contribution in [0.15, 0.2) is 23.8 Å². The van der Waals surface area contributed by atoms with Crippen LogP contribution in [0.5, 0.6) is 0 Å². The summed E-state index contributed by atoms with van der Waals surface area (Å²) in [6, 6.07) is 6.08. The number of amides is 2. The molecule has 0 aromatic heterocycles. The van der Waals surface area contributed by atoms with Crippen LogP contribution in [-0.2, 0) is 16.0 Å². The maximum Gasteiger partial charge on any atom is 0.265 e. The van der Waals surface area contributed by atoms with Gasteiger partial charge in [-0.3, -0.25) is 19.8 Å². The number of benzene rings is 1. The predicted molar refractivity (Wildman–Crippen MR) is 113 cm³/mol. The molecule has 2 amide bonds. The highest BCUT2D eigenvalue weighted by molar-refractivity contribution is 7.80. The van der Waals surface area contributed by atoms with E-state index in [0.29, 0.717) is 12.4 Å². The molecule has 5 nitrogen and oxygen atoms in total. The van der Waals surface area contributed by atoms with Gasteiger partial charge in [-0.05, 0) is 60.8 Å². The molecule has 0 unspecified atom stereocenters. The van der Waals surface area contributed by atoms with Crippen molar-refractivity contribution in [2.24, 2.45) is 0 Å². The predicted octanol–water partition coefficient (Wildman–Crippen LogP) is 3.10. The van der Waals surface area contributed by atoms with E-state index in [1.807, 2.05) is 13.0 Å². The van der Waals surface area contributed by atoms with Gasteiger partial charge in [0.1, 0.15) is 5.57 Å². The molecule has 0 saturated carbocycles. The normalized spacial score (nSPS) is 18.3. The van der Waals surface area contributed by atoms with Gasteiger partial charge >= 0.3 is 0 Å². The fraction of sp³-hybridized carbons (Fsp3) is 0.450. The molecule has 1 N–H and O–H groups in total. The number of halogens is 1. The number of alkyl halides is 1. The van der Waals surface area contributed by atoms with E-state index in [1.165, 1.54) is 16.2 Å². The van der Waals surface area contributed by atoms with E-state index in [4.69, 9.17) is 23.8 Å². The number of hydrogen-bond acceptors (Lipinski definition) is 4. The summed E-state index contributed by atoms with van der Waals surface area (Å²) in [4.78, 5) is 28.9. The van der Waals surface area contributed by atoms with Crippen LogP contribution in [0.1, 0.15) is 37.3 Å².